The van der Waals surface area contributed by atoms with Crippen molar-refractivity contribution < 1.29 is 31.8 Å². The van der Waals surface area contributed by atoms with Gasteiger partial charge in [0.15, 0.2) is 29.7 Å². The van der Waals surface area contributed by atoms with Crippen molar-refractivity contribution in [1.82, 2.24) is 14.9 Å². The zero-order valence-corrected chi connectivity index (χ0v) is 23.3. The highest BCUT2D eigenvalue weighted by Gasteiger charge is 2.44. The number of alkyl halides is 3. The van der Waals surface area contributed by atoms with Crippen molar-refractivity contribution in [2.24, 2.45) is 5.41 Å². The summed E-state index contributed by atoms with van der Waals surface area (Å²) in [5, 5.41) is 3.00. The van der Waals surface area contributed by atoms with E-state index in [1.165, 1.54) is 18.6 Å². The molecule has 3 aromatic rings. The summed E-state index contributed by atoms with van der Waals surface area (Å²) in [7, 11) is 0. The van der Waals surface area contributed by atoms with Crippen LogP contribution in [0.2, 0.25) is 0 Å². The molecule has 12 heteroatoms. The Hall–Kier alpha value is -3.93. The number of amides is 1. The molecule has 42 heavy (non-hydrogen) atoms. The van der Waals surface area contributed by atoms with Gasteiger partial charge in [-0.05, 0) is 62.6 Å². The zero-order chi connectivity index (χ0) is 29.7. The van der Waals surface area contributed by atoms with Gasteiger partial charge in [-0.25, -0.2) is 14.4 Å². The summed E-state index contributed by atoms with van der Waals surface area (Å²) < 4.78 is 62.8. The molecule has 8 nitrogen and oxygen atoms in total. The van der Waals surface area contributed by atoms with E-state index >= 15 is 0 Å². The molecule has 0 radical (unpaired) electrons. The molecular formula is C30H31F4N5O3. The van der Waals surface area contributed by atoms with Crippen molar-refractivity contribution in [2.45, 2.75) is 44.8 Å². The lowest BCUT2D eigenvalue weighted by Gasteiger charge is -2.26. The number of halogens is 4. The summed E-state index contributed by atoms with van der Waals surface area (Å²) in [6.07, 6.45) is 0.203. The van der Waals surface area contributed by atoms with Crippen LogP contribution < -0.4 is 19.7 Å². The summed E-state index contributed by atoms with van der Waals surface area (Å²) in [6, 6.07) is 9.39. The fourth-order valence-corrected chi connectivity index (χ4v) is 6.19. The molecule has 0 bridgehead atoms. The van der Waals surface area contributed by atoms with Gasteiger partial charge in [-0.2, -0.15) is 13.2 Å². The van der Waals surface area contributed by atoms with Crippen molar-refractivity contribution in [3.05, 3.63) is 65.9 Å². The van der Waals surface area contributed by atoms with Gasteiger partial charge in [0, 0.05) is 43.3 Å². The van der Waals surface area contributed by atoms with E-state index in [9.17, 15) is 22.4 Å². The molecule has 4 heterocycles. The summed E-state index contributed by atoms with van der Waals surface area (Å²) in [5.74, 6) is -0.393. The van der Waals surface area contributed by atoms with Gasteiger partial charge >= 0.3 is 6.18 Å². The number of ether oxygens (including phenoxy) is 2. The van der Waals surface area contributed by atoms with Gasteiger partial charge in [-0.3, -0.25) is 9.69 Å². The van der Waals surface area contributed by atoms with Gasteiger partial charge in [0.2, 0.25) is 5.91 Å². The maximum atomic E-state index is 13.8. The van der Waals surface area contributed by atoms with Crippen molar-refractivity contribution in [3.63, 3.8) is 0 Å². The minimum absolute atomic E-state index is 0.0124. The molecule has 1 aromatic heterocycles. The van der Waals surface area contributed by atoms with E-state index in [-0.39, 0.29) is 28.6 Å². The quantitative estimate of drug-likeness (QED) is 0.358. The Balaban J connectivity index is 1.13. The van der Waals surface area contributed by atoms with E-state index in [1.807, 2.05) is 19.9 Å². The largest absolute Gasteiger partial charge is 0.480 e. The first-order valence-corrected chi connectivity index (χ1v) is 13.8. The number of nitrogens with zero attached hydrogens (tertiary/aromatic N) is 4. The van der Waals surface area contributed by atoms with Crippen LogP contribution in [-0.4, -0.2) is 59.7 Å². The molecule has 1 spiro atoms. The van der Waals surface area contributed by atoms with E-state index < -0.39 is 24.0 Å². The minimum atomic E-state index is -4.59. The Bertz CT molecular complexity index is 1510. The molecular weight excluding hydrogens is 554 g/mol. The van der Waals surface area contributed by atoms with Gasteiger partial charge in [-0.15, -0.1) is 0 Å². The number of fused-ring (bicyclic) bond motifs is 1. The molecule has 2 saturated heterocycles. The third kappa shape index (κ3) is 5.59. The fourth-order valence-electron chi connectivity index (χ4n) is 6.19. The number of hydrogen-bond donors (Lipinski definition) is 1. The van der Waals surface area contributed by atoms with E-state index in [2.05, 4.69) is 37.2 Å². The van der Waals surface area contributed by atoms with Crippen LogP contribution in [0.5, 0.6) is 17.2 Å². The first-order valence-electron chi connectivity index (χ1n) is 13.8. The monoisotopic (exact) mass is 585 g/mol. The Labute approximate surface area is 240 Å². The average Bonchev–Trinajstić information content (AvgIpc) is 3.59. The Morgan fingerprint density at radius 3 is 2.64 bits per heavy atom. The highest BCUT2D eigenvalue weighted by Crippen LogP contribution is 2.44. The van der Waals surface area contributed by atoms with E-state index in [1.54, 1.807) is 0 Å². The second-order valence-electron chi connectivity index (χ2n) is 11.9. The lowest BCUT2D eigenvalue weighted by Crippen LogP contribution is -2.31. The molecule has 3 aliphatic rings. The predicted octanol–water partition coefficient (Wildman–Crippen LogP) is 5.68. The number of hydrogen-bond acceptors (Lipinski definition) is 7. The average molecular weight is 586 g/mol. The van der Waals surface area contributed by atoms with E-state index in [0.717, 1.165) is 74.5 Å². The second kappa shape index (κ2) is 10.4. The van der Waals surface area contributed by atoms with Crippen LogP contribution in [0.15, 0.2) is 48.9 Å². The normalized spacial score (nSPS) is 21.6. The molecule has 1 N–H and O–H groups in total. The second-order valence-corrected chi connectivity index (χ2v) is 11.9. The molecule has 0 aliphatic carbocycles. The third-order valence-corrected chi connectivity index (χ3v) is 8.41. The molecule has 1 amide bonds. The molecule has 1 unspecified atom stereocenters. The van der Waals surface area contributed by atoms with Crippen LogP contribution in [0.4, 0.5) is 29.1 Å². The summed E-state index contributed by atoms with van der Waals surface area (Å²) in [6.45, 7) is 6.34. The van der Waals surface area contributed by atoms with Gasteiger partial charge < -0.3 is 19.7 Å². The van der Waals surface area contributed by atoms with Crippen LogP contribution in [-0.2, 0) is 16.8 Å². The number of likely N-dealkylation sites (tertiary alicyclic amines) is 1. The SMILES string of the molecule is CC1(C)C(=O)Nc2cc(CN3CCC4(CCN(c5ncncc5Oc5ccc(F)cc5OCC(F)(F)F)C4)C3)ccc21. The zero-order valence-electron chi connectivity index (χ0n) is 23.3. The van der Waals surface area contributed by atoms with Gasteiger partial charge in [0.05, 0.1) is 11.6 Å². The van der Waals surface area contributed by atoms with E-state index in [0.29, 0.717) is 5.82 Å². The minimum Gasteiger partial charge on any atom is -0.480 e. The lowest BCUT2D eigenvalue weighted by atomic mass is 9.86. The number of rotatable bonds is 7. The Morgan fingerprint density at radius 1 is 1.02 bits per heavy atom. The van der Waals surface area contributed by atoms with Crippen LogP contribution in [0, 0.1) is 11.2 Å². The standard InChI is InChI=1S/C30H31F4N5O3/c1-28(2)21-5-3-19(11-22(21)37-27(28)40)14-38-9-7-29(15-38)8-10-39(16-29)26-25(13-35-18-36-26)42-23-6-4-20(31)12-24(23)41-17-30(32,33)34/h3-6,11-13,18H,7-10,14-17H2,1-2H3,(H,37,40). The van der Waals surface area contributed by atoms with Crippen LogP contribution in [0.25, 0.3) is 0 Å². The molecule has 2 fully saturated rings. The topological polar surface area (TPSA) is 79.8 Å². The predicted molar refractivity (Wildman–Crippen MR) is 147 cm³/mol. The molecule has 222 valence electrons. The maximum Gasteiger partial charge on any atom is 0.422 e. The number of carbonyl (C=O) groups excluding carboxylic acids is 1. The van der Waals surface area contributed by atoms with Crippen LogP contribution >= 0.6 is 0 Å². The van der Waals surface area contributed by atoms with Gasteiger partial charge in [0.1, 0.15) is 12.1 Å². The van der Waals surface area contributed by atoms with Crippen LogP contribution in [0.3, 0.4) is 0 Å². The number of anilines is 2. The lowest BCUT2D eigenvalue weighted by molar-refractivity contribution is -0.153. The number of nitrogens with one attached hydrogen (secondary N) is 1. The summed E-state index contributed by atoms with van der Waals surface area (Å²) >= 11 is 0. The van der Waals surface area contributed by atoms with Crippen molar-refractivity contribution >= 4 is 17.4 Å². The number of carbonyl (C=O) groups is 1. The Morgan fingerprint density at radius 2 is 1.83 bits per heavy atom. The summed E-state index contributed by atoms with van der Waals surface area (Å²) in [5.41, 5.74) is 2.56. The third-order valence-electron chi connectivity index (χ3n) is 8.41. The van der Waals surface area contributed by atoms with Crippen molar-refractivity contribution in [1.29, 1.82) is 0 Å². The molecule has 6 rings (SSSR count). The van der Waals surface area contributed by atoms with Gasteiger partial charge in [0.25, 0.3) is 0 Å². The van der Waals surface area contributed by atoms with E-state index in [4.69, 9.17) is 9.47 Å². The molecule has 2 aromatic carbocycles. The maximum absolute atomic E-state index is 13.8. The smallest absolute Gasteiger partial charge is 0.422 e. The first-order chi connectivity index (χ1) is 19.9. The number of aromatic nitrogens is 2. The fraction of sp³-hybridized carbons (Fsp3) is 0.433. The van der Waals surface area contributed by atoms with Crippen LogP contribution in [0.1, 0.15) is 37.8 Å². The molecule has 1 atom stereocenters. The number of benzene rings is 2. The van der Waals surface area contributed by atoms with Gasteiger partial charge in [-0.1, -0.05) is 12.1 Å². The molecule has 0 saturated carbocycles. The molecule has 3 aliphatic heterocycles. The Kier molecular flexibility index (Phi) is 6.99. The van der Waals surface area contributed by atoms with Crippen molar-refractivity contribution in [2.75, 3.05) is 43.0 Å². The summed E-state index contributed by atoms with van der Waals surface area (Å²) in [4.78, 5) is 25.3. The highest BCUT2D eigenvalue weighted by molar-refractivity contribution is 6.05. The first kappa shape index (κ1) is 28.2. The van der Waals surface area contributed by atoms with Crippen molar-refractivity contribution in [3.8, 4) is 17.2 Å². The highest BCUT2D eigenvalue weighted by atomic mass is 19.4.